The van der Waals surface area contributed by atoms with Crippen molar-refractivity contribution in [1.82, 2.24) is 5.32 Å². The van der Waals surface area contributed by atoms with Crippen LogP contribution in [0.25, 0.3) is 0 Å². The Hall–Kier alpha value is -3.68. The number of hydrogen-bond acceptors (Lipinski definition) is 4. The predicted molar refractivity (Wildman–Crippen MR) is 102 cm³/mol. The fraction of sp³-hybridized carbons (Fsp3) is 0.200. The molecule has 1 aliphatic heterocycles. The molecule has 0 bridgehead atoms. The Kier molecular flexibility index (Phi) is 5.69. The summed E-state index contributed by atoms with van der Waals surface area (Å²) in [6.45, 7) is -0.126. The van der Waals surface area contributed by atoms with E-state index in [1.807, 2.05) is 0 Å². The summed E-state index contributed by atoms with van der Waals surface area (Å²) in [7, 11) is 0. The lowest BCUT2D eigenvalue weighted by molar-refractivity contribution is -0.142. The van der Waals surface area contributed by atoms with E-state index < -0.39 is 17.9 Å². The molecule has 3 amide bonds. The van der Waals surface area contributed by atoms with E-state index >= 15 is 0 Å². The predicted octanol–water partition coefficient (Wildman–Crippen LogP) is 1.69. The third-order valence-electron chi connectivity index (χ3n) is 4.32. The number of carboxylic acids is 1. The van der Waals surface area contributed by atoms with Gasteiger partial charge in [0, 0.05) is 12.8 Å². The molecule has 144 valence electrons. The highest BCUT2D eigenvalue weighted by molar-refractivity contribution is 6.10. The first kappa shape index (κ1) is 19.1. The van der Waals surface area contributed by atoms with Crippen molar-refractivity contribution >= 4 is 35.1 Å². The summed E-state index contributed by atoms with van der Waals surface area (Å²) in [5, 5.41) is 14.5. The molecule has 0 fully saturated rings. The summed E-state index contributed by atoms with van der Waals surface area (Å²) in [5.41, 5.74) is 1.54. The molecule has 0 spiro atoms. The van der Waals surface area contributed by atoms with Crippen molar-refractivity contribution in [3.63, 3.8) is 0 Å². The van der Waals surface area contributed by atoms with Crippen LogP contribution in [0.5, 0.6) is 0 Å². The number of hydrogen-bond donors (Lipinski definition) is 3. The highest BCUT2D eigenvalue weighted by Gasteiger charge is 2.27. The number of carbonyl (C=O) groups is 4. The van der Waals surface area contributed by atoms with E-state index in [0.717, 1.165) is 0 Å². The Labute approximate surface area is 161 Å². The van der Waals surface area contributed by atoms with Gasteiger partial charge in [-0.05, 0) is 17.7 Å². The molecule has 2 aromatic rings. The molecule has 1 atom stereocenters. The van der Waals surface area contributed by atoms with Gasteiger partial charge < -0.3 is 20.6 Å². The monoisotopic (exact) mass is 381 g/mol. The number of amides is 3. The van der Waals surface area contributed by atoms with Gasteiger partial charge in [0.15, 0.2) is 6.04 Å². The molecule has 28 heavy (non-hydrogen) atoms. The number of carboxylic acid groups (broad SMARTS) is 1. The molecule has 0 saturated carbocycles. The first-order valence-electron chi connectivity index (χ1n) is 8.72. The van der Waals surface area contributed by atoms with E-state index in [1.54, 1.807) is 54.6 Å². The number of para-hydroxylation sites is 2. The van der Waals surface area contributed by atoms with Crippen LogP contribution in [0, 0.1) is 0 Å². The smallest absolute Gasteiger partial charge is 0.330 e. The molecule has 0 unspecified atom stereocenters. The molecular formula is C20H19N3O5. The Morgan fingerprint density at radius 2 is 1.71 bits per heavy atom. The molecular weight excluding hydrogens is 362 g/mol. The molecule has 0 aliphatic carbocycles. The molecule has 3 rings (SSSR count). The van der Waals surface area contributed by atoms with E-state index in [2.05, 4.69) is 10.6 Å². The van der Waals surface area contributed by atoms with Crippen molar-refractivity contribution in [3.8, 4) is 0 Å². The number of anilines is 2. The van der Waals surface area contributed by atoms with Crippen molar-refractivity contribution < 1.29 is 24.3 Å². The summed E-state index contributed by atoms with van der Waals surface area (Å²) in [6.07, 6.45) is -0.329. The van der Waals surface area contributed by atoms with Gasteiger partial charge >= 0.3 is 5.97 Å². The number of nitrogens with zero attached hydrogens (tertiary/aromatic N) is 1. The van der Waals surface area contributed by atoms with Gasteiger partial charge in [-0.2, -0.15) is 0 Å². The number of benzene rings is 2. The molecule has 3 N–H and O–H groups in total. The van der Waals surface area contributed by atoms with E-state index in [4.69, 9.17) is 0 Å². The average molecular weight is 381 g/mol. The largest absolute Gasteiger partial charge is 0.479 e. The fourth-order valence-corrected chi connectivity index (χ4v) is 2.98. The zero-order chi connectivity index (χ0) is 20.1. The van der Waals surface area contributed by atoms with Crippen molar-refractivity contribution in [2.45, 2.75) is 18.9 Å². The Morgan fingerprint density at radius 1 is 1.04 bits per heavy atom. The van der Waals surface area contributed by atoms with Gasteiger partial charge in [-0.25, -0.2) is 4.79 Å². The van der Waals surface area contributed by atoms with Crippen LogP contribution in [0.1, 0.15) is 24.4 Å². The zero-order valence-corrected chi connectivity index (χ0v) is 14.9. The second-order valence-corrected chi connectivity index (χ2v) is 6.29. The standard InChI is InChI=1S/C20H19N3O5/c24-16(22-19(20(27)28)13-6-2-1-3-7-13)10-11-18(26)23-12-17(25)21-14-8-4-5-9-15(14)23/h1-9,19H,10-12H2,(H,21,25)(H,22,24)(H,27,28)/t19-/m0/s1. The van der Waals surface area contributed by atoms with Gasteiger partial charge in [0.25, 0.3) is 0 Å². The summed E-state index contributed by atoms with van der Waals surface area (Å²) in [5.74, 6) is -2.44. The van der Waals surface area contributed by atoms with Crippen LogP contribution in [0.2, 0.25) is 0 Å². The molecule has 1 aliphatic rings. The molecule has 8 nitrogen and oxygen atoms in total. The Balaban J connectivity index is 1.62. The lowest BCUT2D eigenvalue weighted by atomic mass is 10.1. The van der Waals surface area contributed by atoms with Crippen LogP contribution in [0.4, 0.5) is 11.4 Å². The van der Waals surface area contributed by atoms with E-state index in [0.29, 0.717) is 16.9 Å². The molecule has 0 saturated heterocycles. The van der Waals surface area contributed by atoms with Crippen molar-refractivity contribution in [1.29, 1.82) is 0 Å². The topological polar surface area (TPSA) is 116 Å². The number of nitrogens with one attached hydrogen (secondary N) is 2. The number of rotatable bonds is 6. The molecule has 2 aromatic carbocycles. The minimum absolute atomic E-state index is 0.126. The van der Waals surface area contributed by atoms with Gasteiger partial charge in [0.2, 0.25) is 17.7 Å². The van der Waals surface area contributed by atoms with Gasteiger partial charge in [-0.15, -0.1) is 0 Å². The van der Waals surface area contributed by atoms with Crippen LogP contribution in [-0.4, -0.2) is 35.3 Å². The van der Waals surface area contributed by atoms with Gasteiger partial charge in [-0.1, -0.05) is 42.5 Å². The lowest BCUT2D eigenvalue weighted by Crippen LogP contribution is -2.42. The summed E-state index contributed by atoms with van der Waals surface area (Å²) in [4.78, 5) is 49.3. The van der Waals surface area contributed by atoms with Crippen LogP contribution >= 0.6 is 0 Å². The van der Waals surface area contributed by atoms with Gasteiger partial charge in [0.1, 0.15) is 6.54 Å². The van der Waals surface area contributed by atoms with Crippen LogP contribution in [-0.2, 0) is 19.2 Å². The van der Waals surface area contributed by atoms with Gasteiger partial charge in [0.05, 0.1) is 11.4 Å². The SMILES string of the molecule is O=C1CN(C(=O)CCC(=O)N[C@H](C(=O)O)c2ccccc2)c2ccccc2N1. The number of aliphatic carboxylic acids is 1. The Morgan fingerprint density at radius 3 is 2.43 bits per heavy atom. The first-order chi connectivity index (χ1) is 13.5. The second kappa shape index (κ2) is 8.34. The summed E-state index contributed by atoms with van der Waals surface area (Å²) in [6, 6.07) is 14.0. The van der Waals surface area contributed by atoms with E-state index in [1.165, 1.54) is 4.90 Å². The molecule has 1 heterocycles. The summed E-state index contributed by atoms with van der Waals surface area (Å²) >= 11 is 0. The molecule has 0 radical (unpaired) electrons. The van der Waals surface area contributed by atoms with E-state index in [-0.39, 0.29) is 31.2 Å². The molecule has 0 aromatic heterocycles. The zero-order valence-electron chi connectivity index (χ0n) is 14.9. The van der Waals surface area contributed by atoms with Crippen LogP contribution in [0.15, 0.2) is 54.6 Å². The maximum Gasteiger partial charge on any atom is 0.330 e. The third-order valence-corrected chi connectivity index (χ3v) is 4.32. The van der Waals surface area contributed by atoms with Crippen LogP contribution < -0.4 is 15.5 Å². The van der Waals surface area contributed by atoms with Crippen LogP contribution in [0.3, 0.4) is 0 Å². The highest BCUT2D eigenvalue weighted by Crippen LogP contribution is 2.29. The van der Waals surface area contributed by atoms with Crippen molar-refractivity contribution in [3.05, 3.63) is 60.2 Å². The maximum atomic E-state index is 12.6. The van der Waals surface area contributed by atoms with Crippen molar-refractivity contribution in [2.24, 2.45) is 0 Å². The van der Waals surface area contributed by atoms with Crippen molar-refractivity contribution in [2.75, 3.05) is 16.8 Å². The number of carbonyl (C=O) groups excluding carboxylic acids is 3. The summed E-state index contributed by atoms with van der Waals surface area (Å²) < 4.78 is 0. The lowest BCUT2D eigenvalue weighted by Gasteiger charge is -2.29. The second-order valence-electron chi connectivity index (χ2n) is 6.29. The minimum Gasteiger partial charge on any atom is -0.479 e. The molecule has 8 heteroatoms. The average Bonchev–Trinajstić information content (AvgIpc) is 2.70. The fourth-order valence-electron chi connectivity index (χ4n) is 2.98. The Bertz CT molecular complexity index is 913. The van der Waals surface area contributed by atoms with E-state index in [9.17, 15) is 24.3 Å². The first-order valence-corrected chi connectivity index (χ1v) is 8.72. The normalized spacial score (nSPS) is 13.9. The maximum absolute atomic E-state index is 12.6. The quantitative estimate of drug-likeness (QED) is 0.704. The highest BCUT2D eigenvalue weighted by atomic mass is 16.4. The minimum atomic E-state index is -1.19. The van der Waals surface area contributed by atoms with Gasteiger partial charge in [-0.3, -0.25) is 14.4 Å². The third kappa shape index (κ3) is 4.35. The number of fused-ring (bicyclic) bond motifs is 1.